The maximum absolute atomic E-state index is 12.4. The third-order valence-corrected chi connectivity index (χ3v) is 5.07. The SMILES string of the molecule is CCC(CO)Nc1ncc(C)c(-c2c[nH]c(OC(=O)NC(CO)c3cccc(C)c3)c2)n1. The van der Waals surface area contributed by atoms with Crippen molar-refractivity contribution in [2.75, 3.05) is 18.5 Å². The molecule has 0 saturated heterocycles. The number of carbonyl (C=O) groups is 1. The number of amides is 1. The number of rotatable bonds is 9. The Morgan fingerprint density at radius 1 is 1.22 bits per heavy atom. The fourth-order valence-corrected chi connectivity index (χ4v) is 3.23. The first-order chi connectivity index (χ1) is 15.4. The van der Waals surface area contributed by atoms with E-state index in [1.54, 1.807) is 18.5 Å². The number of hydrogen-bond acceptors (Lipinski definition) is 7. The third kappa shape index (κ3) is 5.83. The Labute approximate surface area is 186 Å². The lowest BCUT2D eigenvalue weighted by Crippen LogP contribution is -2.33. The molecule has 2 aromatic heterocycles. The number of benzene rings is 1. The molecule has 2 heterocycles. The Hall–Kier alpha value is -3.43. The number of aromatic amines is 1. The van der Waals surface area contributed by atoms with Crippen LogP contribution in [0, 0.1) is 13.8 Å². The average molecular weight is 440 g/mol. The summed E-state index contributed by atoms with van der Waals surface area (Å²) in [7, 11) is 0. The highest BCUT2D eigenvalue weighted by Gasteiger charge is 2.17. The van der Waals surface area contributed by atoms with E-state index in [1.807, 2.05) is 45.0 Å². The summed E-state index contributed by atoms with van der Waals surface area (Å²) < 4.78 is 5.36. The highest BCUT2D eigenvalue weighted by Crippen LogP contribution is 2.26. The molecule has 170 valence electrons. The minimum Gasteiger partial charge on any atom is -0.394 e. The van der Waals surface area contributed by atoms with Crippen molar-refractivity contribution < 1.29 is 19.7 Å². The van der Waals surface area contributed by atoms with Crippen LogP contribution in [0.4, 0.5) is 10.7 Å². The zero-order valence-corrected chi connectivity index (χ0v) is 18.4. The molecule has 9 nitrogen and oxygen atoms in total. The van der Waals surface area contributed by atoms with E-state index >= 15 is 0 Å². The maximum atomic E-state index is 12.4. The number of carbonyl (C=O) groups excluding carboxylic acids is 1. The number of nitrogens with one attached hydrogen (secondary N) is 3. The Kier molecular flexibility index (Phi) is 7.80. The second kappa shape index (κ2) is 10.7. The summed E-state index contributed by atoms with van der Waals surface area (Å²) in [6, 6.07) is 8.51. The molecule has 2 unspecified atom stereocenters. The molecule has 1 aromatic carbocycles. The first-order valence-electron chi connectivity index (χ1n) is 10.5. The van der Waals surface area contributed by atoms with Crippen LogP contribution in [-0.2, 0) is 0 Å². The topological polar surface area (TPSA) is 132 Å². The van der Waals surface area contributed by atoms with E-state index in [-0.39, 0.29) is 25.1 Å². The molecular formula is C23H29N5O4. The van der Waals surface area contributed by atoms with Gasteiger partial charge in [0.2, 0.25) is 11.8 Å². The standard InChI is InChI=1S/C23H29N5O4/c1-4-18(12-29)26-22-25-10-15(3)21(28-22)17-9-20(24-11-17)32-23(31)27-19(13-30)16-7-5-6-14(2)8-16/h5-11,18-19,24,29-30H,4,12-13H2,1-3H3,(H,27,31)(H,25,26,28). The maximum Gasteiger partial charge on any atom is 0.414 e. The van der Waals surface area contributed by atoms with Gasteiger partial charge in [-0.2, -0.15) is 0 Å². The predicted octanol–water partition coefficient (Wildman–Crippen LogP) is 3.09. The van der Waals surface area contributed by atoms with Crippen molar-refractivity contribution in [3.05, 3.63) is 59.4 Å². The van der Waals surface area contributed by atoms with E-state index < -0.39 is 12.1 Å². The Morgan fingerprint density at radius 2 is 2.03 bits per heavy atom. The van der Waals surface area contributed by atoms with Gasteiger partial charge in [-0.25, -0.2) is 14.8 Å². The number of aliphatic hydroxyl groups is 2. The number of H-pyrrole nitrogens is 1. The van der Waals surface area contributed by atoms with Gasteiger partial charge < -0.3 is 30.6 Å². The molecule has 5 N–H and O–H groups in total. The molecule has 0 fully saturated rings. The number of hydrogen-bond donors (Lipinski definition) is 5. The van der Waals surface area contributed by atoms with Crippen molar-refractivity contribution in [2.45, 2.75) is 39.3 Å². The molecule has 3 aromatic rings. The zero-order chi connectivity index (χ0) is 23.1. The number of nitrogens with zero attached hydrogens (tertiary/aromatic N) is 2. The molecule has 2 atom stereocenters. The van der Waals surface area contributed by atoms with Gasteiger partial charge in [-0.1, -0.05) is 36.8 Å². The quantitative estimate of drug-likeness (QED) is 0.346. The molecule has 3 rings (SSSR count). The lowest BCUT2D eigenvalue weighted by molar-refractivity contribution is 0.182. The van der Waals surface area contributed by atoms with Gasteiger partial charge in [-0.15, -0.1) is 0 Å². The summed E-state index contributed by atoms with van der Waals surface area (Å²) in [6.45, 7) is 5.52. The van der Waals surface area contributed by atoms with Crippen LogP contribution in [0.3, 0.4) is 0 Å². The molecule has 0 aliphatic carbocycles. The number of ether oxygens (including phenoxy) is 1. The summed E-state index contributed by atoms with van der Waals surface area (Å²) in [6.07, 6.45) is 3.43. The molecule has 0 saturated carbocycles. The normalized spacial score (nSPS) is 12.8. The van der Waals surface area contributed by atoms with Crippen molar-refractivity contribution in [3.8, 4) is 17.1 Å². The number of aliphatic hydroxyl groups excluding tert-OH is 2. The van der Waals surface area contributed by atoms with E-state index in [0.29, 0.717) is 11.6 Å². The van der Waals surface area contributed by atoms with Crippen LogP contribution >= 0.6 is 0 Å². The fourth-order valence-electron chi connectivity index (χ4n) is 3.23. The van der Waals surface area contributed by atoms with Gasteiger partial charge in [0.25, 0.3) is 0 Å². The van der Waals surface area contributed by atoms with Crippen LogP contribution in [0.1, 0.15) is 36.1 Å². The van der Waals surface area contributed by atoms with Crippen LogP contribution in [0.25, 0.3) is 11.3 Å². The molecule has 9 heteroatoms. The summed E-state index contributed by atoms with van der Waals surface area (Å²) in [5.41, 5.74) is 4.08. The molecule has 0 aliphatic heterocycles. The molecular weight excluding hydrogens is 410 g/mol. The molecule has 32 heavy (non-hydrogen) atoms. The molecule has 1 amide bonds. The highest BCUT2D eigenvalue weighted by molar-refractivity contribution is 5.72. The highest BCUT2D eigenvalue weighted by atomic mass is 16.6. The van der Waals surface area contributed by atoms with E-state index in [1.165, 1.54) is 0 Å². The second-order valence-electron chi connectivity index (χ2n) is 7.59. The predicted molar refractivity (Wildman–Crippen MR) is 122 cm³/mol. The lowest BCUT2D eigenvalue weighted by Gasteiger charge is -2.16. The van der Waals surface area contributed by atoms with Crippen molar-refractivity contribution >= 4 is 12.0 Å². The van der Waals surface area contributed by atoms with Gasteiger partial charge >= 0.3 is 6.09 Å². The number of anilines is 1. The summed E-state index contributed by atoms with van der Waals surface area (Å²) >= 11 is 0. The zero-order valence-electron chi connectivity index (χ0n) is 18.4. The monoisotopic (exact) mass is 439 g/mol. The van der Waals surface area contributed by atoms with E-state index in [4.69, 9.17) is 4.74 Å². The molecule has 0 bridgehead atoms. The lowest BCUT2D eigenvalue weighted by atomic mass is 10.1. The minimum atomic E-state index is -0.686. The first-order valence-corrected chi connectivity index (χ1v) is 10.5. The van der Waals surface area contributed by atoms with Crippen molar-refractivity contribution in [2.24, 2.45) is 0 Å². The van der Waals surface area contributed by atoms with E-state index in [9.17, 15) is 15.0 Å². The average Bonchev–Trinajstić information content (AvgIpc) is 3.24. The summed E-state index contributed by atoms with van der Waals surface area (Å²) in [5, 5.41) is 24.8. The Morgan fingerprint density at radius 3 is 2.72 bits per heavy atom. The van der Waals surface area contributed by atoms with Gasteiger partial charge in [-0.3, -0.25) is 0 Å². The molecule has 0 spiro atoms. The van der Waals surface area contributed by atoms with Crippen LogP contribution < -0.4 is 15.4 Å². The van der Waals surface area contributed by atoms with Gasteiger partial charge in [0, 0.05) is 24.0 Å². The molecule has 0 radical (unpaired) electrons. The van der Waals surface area contributed by atoms with Crippen LogP contribution in [0.15, 0.2) is 42.7 Å². The van der Waals surface area contributed by atoms with Crippen LogP contribution in [0.2, 0.25) is 0 Å². The second-order valence-corrected chi connectivity index (χ2v) is 7.59. The van der Waals surface area contributed by atoms with Crippen molar-refractivity contribution in [1.82, 2.24) is 20.3 Å². The van der Waals surface area contributed by atoms with E-state index in [0.717, 1.165) is 28.7 Å². The Bertz CT molecular complexity index is 1050. The van der Waals surface area contributed by atoms with Gasteiger partial charge in [0.15, 0.2) is 0 Å². The van der Waals surface area contributed by atoms with Crippen molar-refractivity contribution in [3.63, 3.8) is 0 Å². The number of aryl methyl sites for hydroxylation is 2. The minimum absolute atomic E-state index is 0.0162. The molecule has 0 aliphatic rings. The Balaban J connectivity index is 1.69. The smallest absolute Gasteiger partial charge is 0.394 e. The van der Waals surface area contributed by atoms with Gasteiger partial charge in [0.05, 0.1) is 31.0 Å². The van der Waals surface area contributed by atoms with E-state index in [2.05, 4.69) is 25.6 Å². The summed E-state index contributed by atoms with van der Waals surface area (Å²) in [4.78, 5) is 24.1. The van der Waals surface area contributed by atoms with Gasteiger partial charge in [-0.05, 0) is 31.4 Å². The first kappa shape index (κ1) is 23.2. The number of aromatic nitrogens is 3. The third-order valence-electron chi connectivity index (χ3n) is 5.07. The van der Waals surface area contributed by atoms with Crippen molar-refractivity contribution in [1.29, 1.82) is 0 Å². The van der Waals surface area contributed by atoms with Crippen LogP contribution in [-0.4, -0.2) is 50.5 Å². The summed E-state index contributed by atoms with van der Waals surface area (Å²) in [5.74, 6) is 0.657. The van der Waals surface area contributed by atoms with Crippen LogP contribution in [0.5, 0.6) is 5.88 Å². The fraction of sp³-hybridized carbons (Fsp3) is 0.348. The van der Waals surface area contributed by atoms with Gasteiger partial charge in [0.1, 0.15) is 0 Å². The largest absolute Gasteiger partial charge is 0.414 e.